The molecule has 0 unspecified atom stereocenters. The van der Waals surface area contributed by atoms with Gasteiger partial charge in [-0.1, -0.05) is 13.3 Å². The summed E-state index contributed by atoms with van der Waals surface area (Å²) >= 11 is 1.68. The molecule has 1 N–H and O–H groups in total. The van der Waals surface area contributed by atoms with Gasteiger partial charge in [0.1, 0.15) is 6.04 Å². The van der Waals surface area contributed by atoms with Crippen molar-refractivity contribution in [2.75, 3.05) is 6.54 Å². The topological polar surface area (TPSA) is 85.0 Å². The standard InChI is InChI=1S/C31H35F3N6O2S/c1-5-7-26(30(42)38-10-8-27-22(16-38)9-11-43-27)36-29(41)24-13-21(15-39-18-35-19(3)20(39)4)12-23(14-24)25-17-40(6-2)37-28(25)31(32,33)34/h9,11-14,17-18,26H,5-8,10,15-16H2,1-4H3,(H,36,41)/t26-/m1/s1. The van der Waals surface area contributed by atoms with Crippen molar-refractivity contribution >= 4 is 23.2 Å². The van der Waals surface area contributed by atoms with E-state index in [4.69, 9.17) is 0 Å². The van der Waals surface area contributed by atoms with Gasteiger partial charge in [-0.25, -0.2) is 4.98 Å². The fourth-order valence-electron chi connectivity index (χ4n) is 5.42. The minimum Gasteiger partial charge on any atom is -0.340 e. The van der Waals surface area contributed by atoms with E-state index in [1.807, 2.05) is 36.8 Å². The van der Waals surface area contributed by atoms with Crippen molar-refractivity contribution in [3.8, 4) is 11.1 Å². The van der Waals surface area contributed by atoms with E-state index < -0.39 is 23.8 Å². The fraction of sp³-hybridized carbons (Fsp3) is 0.419. The van der Waals surface area contributed by atoms with Gasteiger partial charge in [-0.3, -0.25) is 14.3 Å². The molecule has 1 aliphatic heterocycles. The van der Waals surface area contributed by atoms with E-state index in [0.717, 1.165) is 23.4 Å². The number of hydrogen-bond acceptors (Lipinski definition) is 5. The van der Waals surface area contributed by atoms with Crippen LogP contribution in [0.3, 0.4) is 0 Å². The zero-order valence-electron chi connectivity index (χ0n) is 24.7. The third-order valence-electron chi connectivity index (χ3n) is 7.92. The summed E-state index contributed by atoms with van der Waals surface area (Å²) in [4.78, 5) is 34.7. The van der Waals surface area contributed by atoms with Crippen LogP contribution in [0.15, 0.2) is 42.2 Å². The van der Waals surface area contributed by atoms with Gasteiger partial charge >= 0.3 is 6.18 Å². The van der Waals surface area contributed by atoms with E-state index in [1.165, 1.54) is 21.8 Å². The number of alkyl halides is 3. The molecule has 43 heavy (non-hydrogen) atoms. The van der Waals surface area contributed by atoms with Gasteiger partial charge in [0.25, 0.3) is 5.91 Å². The molecule has 0 fully saturated rings. The molecule has 0 bridgehead atoms. The fourth-order valence-corrected chi connectivity index (χ4v) is 6.31. The number of hydrogen-bond donors (Lipinski definition) is 1. The first-order valence-corrected chi connectivity index (χ1v) is 15.3. The first kappa shape index (κ1) is 30.5. The van der Waals surface area contributed by atoms with Crippen LogP contribution in [-0.2, 0) is 37.0 Å². The quantitative estimate of drug-likeness (QED) is 0.252. The summed E-state index contributed by atoms with van der Waals surface area (Å²) in [6, 6.07) is 6.04. The number of halogens is 3. The predicted molar refractivity (Wildman–Crippen MR) is 159 cm³/mol. The van der Waals surface area contributed by atoms with Crippen LogP contribution in [0, 0.1) is 13.8 Å². The molecule has 8 nitrogen and oxygen atoms in total. The van der Waals surface area contributed by atoms with Gasteiger partial charge < -0.3 is 14.8 Å². The lowest BCUT2D eigenvalue weighted by atomic mass is 9.98. The molecule has 2 amide bonds. The molecule has 0 radical (unpaired) electrons. The van der Waals surface area contributed by atoms with Crippen molar-refractivity contribution in [2.45, 2.75) is 78.8 Å². The van der Waals surface area contributed by atoms with E-state index in [2.05, 4.69) is 15.4 Å². The lowest BCUT2D eigenvalue weighted by Gasteiger charge is -2.31. The summed E-state index contributed by atoms with van der Waals surface area (Å²) in [5, 5.41) is 8.70. The minimum absolute atomic E-state index is 0.107. The smallest absolute Gasteiger partial charge is 0.340 e. The Balaban J connectivity index is 1.49. The van der Waals surface area contributed by atoms with Crippen molar-refractivity contribution in [1.29, 1.82) is 0 Å². The maximum Gasteiger partial charge on any atom is 0.435 e. The lowest BCUT2D eigenvalue weighted by Crippen LogP contribution is -2.49. The maximum atomic E-state index is 14.0. The molecule has 0 saturated heterocycles. The van der Waals surface area contributed by atoms with Crippen LogP contribution < -0.4 is 5.32 Å². The summed E-state index contributed by atoms with van der Waals surface area (Å²) in [5.74, 6) is -0.672. The van der Waals surface area contributed by atoms with E-state index in [1.54, 1.807) is 41.6 Å². The van der Waals surface area contributed by atoms with Gasteiger partial charge in [-0.2, -0.15) is 18.3 Å². The van der Waals surface area contributed by atoms with Crippen LogP contribution in [0.4, 0.5) is 13.2 Å². The number of imidazole rings is 1. The summed E-state index contributed by atoms with van der Waals surface area (Å²) in [5.41, 5.74) is 2.78. The third-order valence-corrected chi connectivity index (χ3v) is 8.94. The summed E-state index contributed by atoms with van der Waals surface area (Å²) in [7, 11) is 0. The second-order valence-electron chi connectivity index (χ2n) is 10.9. The summed E-state index contributed by atoms with van der Waals surface area (Å²) < 4.78 is 45.2. The summed E-state index contributed by atoms with van der Waals surface area (Å²) in [6.45, 7) is 9.08. The molecular weight excluding hydrogens is 577 g/mol. The Morgan fingerprint density at radius 3 is 2.63 bits per heavy atom. The monoisotopic (exact) mass is 612 g/mol. The highest BCUT2D eigenvalue weighted by atomic mass is 32.1. The van der Waals surface area contributed by atoms with Gasteiger partial charge in [0.05, 0.1) is 12.0 Å². The Bertz CT molecular complexity index is 1640. The van der Waals surface area contributed by atoms with Crippen LogP contribution in [0.5, 0.6) is 0 Å². The molecule has 3 aromatic heterocycles. The first-order valence-electron chi connectivity index (χ1n) is 14.4. The molecule has 1 aliphatic rings. The highest BCUT2D eigenvalue weighted by molar-refractivity contribution is 7.10. The van der Waals surface area contributed by atoms with Crippen LogP contribution in [0.2, 0.25) is 0 Å². The van der Waals surface area contributed by atoms with Crippen LogP contribution in [-0.4, -0.2) is 48.6 Å². The number of thiophene rings is 1. The van der Waals surface area contributed by atoms with E-state index in [9.17, 15) is 22.8 Å². The number of aromatic nitrogens is 4. The Hall–Kier alpha value is -3.93. The van der Waals surface area contributed by atoms with Crippen molar-refractivity contribution < 1.29 is 22.8 Å². The average molecular weight is 613 g/mol. The van der Waals surface area contributed by atoms with Crippen LogP contribution in [0.25, 0.3) is 11.1 Å². The highest BCUT2D eigenvalue weighted by Crippen LogP contribution is 2.37. The molecule has 0 aliphatic carbocycles. The number of nitrogens with zero attached hydrogens (tertiary/aromatic N) is 5. The number of aryl methyl sites for hydroxylation is 2. The van der Waals surface area contributed by atoms with E-state index in [-0.39, 0.29) is 29.1 Å². The van der Waals surface area contributed by atoms with Crippen molar-refractivity contribution in [3.05, 3.63) is 80.8 Å². The highest BCUT2D eigenvalue weighted by Gasteiger charge is 2.38. The molecule has 1 aromatic carbocycles. The van der Waals surface area contributed by atoms with Gasteiger partial charge in [-0.15, -0.1) is 11.3 Å². The minimum atomic E-state index is -4.68. The molecule has 1 atom stereocenters. The molecule has 4 heterocycles. The zero-order valence-corrected chi connectivity index (χ0v) is 25.5. The van der Waals surface area contributed by atoms with Gasteiger partial charge in [-0.05, 0) is 79.9 Å². The number of nitrogens with one attached hydrogen (secondary N) is 1. The number of benzene rings is 1. The molecule has 12 heteroatoms. The normalized spacial score (nSPS) is 14.1. The third kappa shape index (κ3) is 6.53. The largest absolute Gasteiger partial charge is 0.435 e. The van der Waals surface area contributed by atoms with E-state index >= 15 is 0 Å². The number of rotatable bonds is 9. The van der Waals surface area contributed by atoms with Crippen molar-refractivity contribution in [2.24, 2.45) is 0 Å². The van der Waals surface area contributed by atoms with Gasteiger partial charge in [0.2, 0.25) is 5.91 Å². The second-order valence-corrected chi connectivity index (χ2v) is 11.9. The van der Waals surface area contributed by atoms with Crippen molar-refractivity contribution in [3.63, 3.8) is 0 Å². The van der Waals surface area contributed by atoms with E-state index in [0.29, 0.717) is 38.0 Å². The Labute approximate surface area is 252 Å². The Morgan fingerprint density at radius 1 is 1.16 bits per heavy atom. The lowest BCUT2D eigenvalue weighted by molar-refractivity contribution is -0.141. The maximum absolute atomic E-state index is 14.0. The predicted octanol–water partition coefficient (Wildman–Crippen LogP) is 6.00. The number of carbonyl (C=O) groups is 2. The van der Waals surface area contributed by atoms with Crippen LogP contribution in [0.1, 0.15) is 70.1 Å². The number of fused-ring (bicyclic) bond motifs is 1. The molecule has 0 spiro atoms. The van der Waals surface area contributed by atoms with Gasteiger partial charge in [0.15, 0.2) is 5.69 Å². The van der Waals surface area contributed by atoms with Crippen molar-refractivity contribution in [1.82, 2.24) is 29.5 Å². The molecule has 228 valence electrons. The van der Waals surface area contributed by atoms with Gasteiger partial charge in [0, 0.05) is 54.1 Å². The molecule has 5 rings (SSSR count). The average Bonchev–Trinajstić information content (AvgIpc) is 3.71. The van der Waals surface area contributed by atoms with Crippen LogP contribution >= 0.6 is 11.3 Å². The molecule has 0 saturated carbocycles. The molecule has 4 aromatic rings. The Morgan fingerprint density at radius 2 is 1.95 bits per heavy atom. The zero-order chi connectivity index (χ0) is 30.9. The summed E-state index contributed by atoms with van der Waals surface area (Å²) in [6.07, 6.45) is 0.233. The SMILES string of the molecule is CCC[C@@H](NC(=O)c1cc(Cn2cnc(C)c2C)cc(-c2cn(CC)nc2C(F)(F)F)c1)C(=O)N1CCc2sccc2C1. The number of amides is 2. The second kappa shape index (κ2) is 12.4. The first-order chi connectivity index (χ1) is 20.5. The Kier molecular flexibility index (Phi) is 8.77. The molecular formula is C31H35F3N6O2S. The number of carbonyl (C=O) groups excluding carboxylic acids is 2.